The standard InChI is InChI=1S/C13H19P/c1-11-7-6-8-12(2)14(11)13-9-4-3-5-10-13/h3-5,9-12H,6-8H2,1-2H3/t11-,12-/m0/s1. The zero-order chi connectivity index (χ0) is 9.97. The first-order chi connectivity index (χ1) is 6.79. The first-order valence-corrected chi connectivity index (χ1v) is 7.10. The van der Waals surface area contributed by atoms with Gasteiger partial charge in [0.2, 0.25) is 0 Å². The van der Waals surface area contributed by atoms with Gasteiger partial charge < -0.3 is 0 Å². The molecule has 1 saturated heterocycles. The molecule has 1 aromatic carbocycles. The van der Waals surface area contributed by atoms with Crippen molar-refractivity contribution in [2.75, 3.05) is 0 Å². The lowest BCUT2D eigenvalue weighted by atomic mass is 10.1. The van der Waals surface area contributed by atoms with Crippen LogP contribution in [0.3, 0.4) is 0 Å². The smallest absolute Gasteiger partial charge is 0.0195 e. The molecule has 2 rings (SSSR count). The molecule has 1 heterocycles. The summed E-state index contributed by atoms with van der Waals surface area (Å²) in [6.07, 6.45) is 4.31. The summed E-state index contributed by atoms with van der Waals surface area (Å²) < 4.78 is 0. The molecule has 1 aliphatic heterocycles. The maximum absolute atomic E-state index is 2.44. The lowest BCUT2D eigenvalue weighted by molar-refractivity contribution is 0.628. The number of hydrogen-bond donors (Lipinski definition) is 0. The van der Waals surface area contributed by atoms with Gasteiger partial charge in [0.15, 0.2) is 0 Å². The van der Waals surface area contributed by atoms with Gasteiger partial charge in [-0.3, -0.25) is 0 Å². The van der Waals surface area contributed by atoms with E-state index in [2.05, 4.69) is 44.2 Å². The molecule has 76 valence electrons. The molecule has 1 aromatic rings. The molecule has 0 aliphatic carbocycles. The van der Waals surface area contributed by atoms with Gasteiger partial charge in [-0.05, 0) is 29.5 Å². The van der Waals surface area contributed by atoms with Crippen LogP contribution in [0, 0.1) is 0 Å². The molecule has 14 heavy (non-hydrogen) atoms. The summed E-state index contributed by atoms with van der Waals surface area (Å²) in [6.45, 7) is 4.88. The first-order valence-electron chi connectivity index (χ1n) is 5.62. The van der Waals surface area contributed by atoms with E-state index in [1.54, 1.807) is 5.30 Å². The van der Waals surface area contributed by atoms with Gasteiger partial charge in [-0.25, -0.2) is 0 Å². The Morgan fingerprint density at radius 1 is 1.00 bits per heavy atom. The molecule has 0 radical (unpaired) electrons. The summed E-state index contributed by atoms with van der Waals surface area (Å²) in [6, 6.07) is 11.1. The maximum atomic E-state index is 2.44. The number of benzene rings is 1. The molecule has 1 aliphatic rings. The van der Waals surface area contributed by atoms with Crippen LogP contribution < -0.4 is 5.30 Å². The highest BCUT2D eigenvalue weighted by molar-refractivity contribution is 7.67. The van der Waals surface area contributed by atoms with Crippen molar-refractivity contribution in [3.05, 3.63) is 30.3 Å². The van der Waals surface area contributed by atoms with Gasteiger partial charge in [0, 0.05) is 0 Å². The zero-order valence-electron chi connectivity index (χ0n) is 9.11. The topological polar surface area (TPSA) is 0 Å². The zero-order valence-corrected chi connectivity index (χ0v) is 10.0. The third kappa shape index (κ3) is 2.01. The first kappa shape index (κ1) is 10.2. The second-order valence-electron chi connectivity index (χ2n) is 4.37. The SMILES string of the molecule is C[C@H]1CCC[C@H](C)P1c1ccccc1. The third-order valence-corrected chi connectivity index (χ3v) is 6.56. The Bertz CT molecular complexity index is 271. The van der Waals surface area contributed by atoms with Crippen molar-refractivity contribution in [2.45, 2.75) is 44.4 Å². The Hall–Kier alpha value is -0.350. The van der Waals surface area contributed by atoms with Gasteiger partial charge >= 0.3 is 0 Å². The quantitative estimate of drug-likeness (QED) is 0.614. The van der Waals surface area contributed by atoms with E-state index in [-0.39, 0.29) is 7.92 Å². The molecular formula is C13H19P. The van der Waals surface area contributed by atoms with Gasteiger partial charge in [-0.2, -0.15) is 0 Å². The molecule has 0 saturated carbocycles. The summed E-state index contributed by atoms with van der Waals surface area (Å²) in [5, 5.41) is 1.61. The van der Waals surface area contributed by atoms with E-state index in [4.69, 9.17) is 0 Å². The summed E-state index contributed by atoms with van der Waals surface area (Å²) in [5.74, 6) is 0. The second kappa shape index (κ2) is 4.45. The predicted molar refractivity (Wildman–Crippen MR) is 65.8 cm³/mol. The summed E-state index contributed by atoms with van der Waals surface area (Å²) in [7, 11) is 0.111. The lowest BCUT2D eigenvalue weighted by Gasteiger charge is -2.35. The summed E-state index contributed by atoms with van der Waals surface area (Å²) in [5.41, 5.74) is 1.85. The van der Waals surface area contributed by atoms with Crippen LogP contribution in [0.2, 0.25) is 0 Å². The molecular weight excluding hydrogens is 187 g/mol. The lowest BCUT2D eigenvalue weighted by Crippen LogP contribution is -2.23. The van der Waals surface area contributed by atoms with Gasteiger partial charge in [0.25, 0.3) is 0 Å². The van der Waals surface area contributed by atoms with Gasteiger partial charge in [0.1, 0.15) is 0 Å². The minimum absolute atomic E-state index is 0.111. The largest absolute Gasteiger partial charge is 0.0695 e. The average molecular weight is 206 g/mol. The van der Waals surface area contributed by atoms with Gasteiger partial charge in [-0.15, -0.1) is 0 Å². The maximum Gasteiger partial charge on any atom is -0.0195 e. The second-order valence-corrected chi connectivity index (χ2v) is 7.47. The van der Waals surface area contributed by atoms with Crippen LogP contribution in [0.5, 0.6) is 0 Å². The van der Waals surface area contributed by atoms with Crippen LogP contribution in [0.15, 0.2) is 30.3 Å². The van der Waals surface area contributed by atoms with E-state index < -0.39 is 0 Å². The Kier molecular flexibility index (Phi) is 3.23. The highest BCUT2D eigenvalue weighted by Crippen LogP contribution is 2.51. The van der Waals surface area contributed by atoms with Crippen molar-refractivity contribution in [3.63, 3.8) is 0 Å². The van der Waals surface area contributed by atoms with Crippen LogP contribution in [0.25, 0.3) is 0 Å². The molecule has 0 amide bonds. The summed E-state index contributed by atoms with van der Waals surface area (Å²) >= 11 is 0. The minimum atomic E-state index is 0.111. The van der Waals surface area contributed by atoms with Crippen molar-refractivity contribution < 1.29 is 0 Å². The minimum Gasteiger partial charge on any atom is -0.0695 e. The molecule has 0 unspecified atom stereocenters. The van der Waals surface area contributed by atoms with E-state index in [1.807, 2.05) is 0 Å². The van der Waals surface area contributed by atoms with Crippen molar-refractivity contribution in [1.82, 2.24) is 0 Å². The Balaban J connectivity index is 2.23. The van der Waals surface area contributed by atoms with Crippen molar-refractivity contribution in [1.29, 1.82) is 0 Å². The fourth-order valence-electron chi connectivity index (χ4n) is 2.53. The molecule has 0 N–H and O–H groups in total. The van der Waals surface area contributed by atoms with Crippen LogP contribution in [-0.4, -0.2) is 11.3 Å². The van der Waals surface area contributed by atoms with E-state index in [9.17, 15) is 0 Å². The van der Waals surface area contributed by atoms with Crippen LogP contribution in [0.4, 0.5) is 0 Å². The van der Waals surface area contributed by atoms with Gasteiger partial charge in [-0.1, -0.05) is 58.5 Å². The van der Waals surface area contributed by atoms with Gasteiger partial charge in [0.05, 0.1) is 0 Å². The molecule has 0 spiro atoms. The third-order valence-electron chi connectivity index (χ3n) is 3.25. The van der Waals surface area contributed by atoms with Crippen molar-refractivity contribution >= 4 is 13.2 Å². The Morgan fingerprint density at radius 3 is 2.14 bits per heavy atom. The highest BCUT2D eigenvalue weighted by Gasteiger charge is 2.27. The molecule has 0 nitrogen and oxygen atoms in total. The average Bonchev–Trinajstić information content (AvgIpc) is 2.19. The fraction of sp³-hybridized carbons (Fsp3) is 0.538. The Morgan fingerprint density at radius 2 is 1.57 bits per heavy atom. The van der Waals surface area contributed by atoms with Crippen molar-refractivity contribution in [3.8, 4) is 0 Å². The Labute approximate surface area is 88.5 Å². The number of rotatable bonds is 1. The predicted octanol–water partition coefficient (Wildman–Crippen LogP) is 3.75. The molecule has 2 atom stereocenters. The number of hydrogen-bond acceptors (Lipinski definition) is 0. The molecule has 0 aromatic heterocycles. The van der Waals surface area contributed by atoms with Crippen molar-refractivity contribution in [2.24, 2.45) is 0 Å². The normalized spacial score (nSPS) is 29.0. The van der Waals surface area contributed by atoms with Crippen LogP contribution >= 0.6 is 7.92 Å². The van der Waals surface area contributed by atoms with Crippen LogP contribution in [0.1, 0.15) is 33.1 Å². The highest BCUT2D eigenvalue weighted by atomic mass is 31.1. The van der Waals surface area contributed by atoms with Crippen LogP contribution in [-0.2, 0) is 0 Å². The molecule has 1 fully saturated rings. The molecule has 0 bridgehead atoms. The fourth-order valence-corrected chi connectivity index (χ4v) is 5.86. The molecule has 1 heteroatoms. The summed E-state index contributed by atoms with van der Waals surface area (Å²) in [4.78, 5) is 0. The van der Waals surface area contributed by atoms with E-state index in [1.165, 1.54) is 19.3 Å². The van der Waals surface area contributed by atoms with E-state index in [0.29, 0.717) is 0 Å². The van der Waals surface area contributed by atoms with E-state index >= 15 is 0 Å². The monoisotopic (exact) mass is 206 g/mol. The van der Waals surface area contributed by atoms with E-state index in [0.717, 1.165) is 11.3 Å².